The first kappa shape index (κ1) is 16.3. The Bertz CT molecular complexity index is 926. The second-order valence-electron chi connectivity index (χ2n) is 5.21. The largest absolute Gasteiger partial charge is 0.504 e. The van der Waals surface area contributed by atoms with Crippen LogP contribution >= 0.6 is 0 Å². The SMILES string of the molecule is COc1cc(C=NNC(=O)c2cc(-c3ccc(C)o3)[nH]n2)ccc1O. The van der Waals surface area contributed by atoms with Gasteiger partial charge in [0.15, 0.2) is 23.0 Å². The molecule has 1 aromatic carbocycles. The zero-order valence-electron chi connectivity index (χ0n) is 13.6. The highest BCUT2D eigenvalue weighted by Gasteiger charge is 2.12. The van der Waals surface area contributed by atoms with Crippen LogP contribution in [-0.4, -0.2) is 34.5 Å². The van der Waals surface area contributed by atoms with Crippen LogP contribution in [0.15, 0.2) is 45.9 Å². The third kappa shape index (κ3) is 3.69. The first-order valence-electron chi connectivity index (χ1n) is 7.39. The fourth-order valence-corrected chi connectivity index (χ4v) is 2.14. The maximum atomic E-state index is 12.1. The molecule has 25 heavy (non-hydrogen) atoms. The fourth-order valence-electron chi connectivity index (χ4n) is 2.14. The average molecular weight is 340 g/mol. The summed E-state index contributed by atoms with van der Waals surface area (Å²) in [7, 11) is 1.45. The van der Waals surface area contributed by atoms with E-state index in [1.807, 2.05) is 13.0 Å². The van der Waals surface area contributed by atoms with Crippen LogP contribution in [0.1, 0.15) is 21.8 Å². The van der Waals surface area contributed by atoms with Crippen molar-refractivity contribution in [1.82, 2.24) is 15.6 Å². The summed E-state index contributed by atoms with van der Waals surface area (Å²) in [4.78, 5) is 12.1. The lowest BCUT2D eigenvalue weighted by atomic mass is 10.2. The summed E-state index contributed by atoms with van der Waals surface area (Å²) < 4.78 is 10.5. The number of carbonyl (C=O) groups is 1. The topological polar surface area (TPSA) is 113 Å². The Labute approximate surface area is 143 Å². The van der Waals surface area contributed by atoms with E-state index in [4.69, 9.17) is 9.15 Å². The van der Waals surface area contributed by atoms with E-state index in [9.17, 15) is 9.90 Å². The minimum atomic E-state index is -0.465. The number of aromatic nitrogens is 2. The number of nitrogens with one attached hydrogen (secondary N) is 2. The fraction of sp³-hybridized carbons (Fsp3) is 0.118. The molecule has 128 valence electrons. The van der Waals surface area contributed by atoms with Gasteiger partial charge in [0.25, 0.3) is 5.91 Å². The molecule has 0 bridgehead atoms. The zero-order chi connectivity index (χ0) is 17.8. The standard InChI is InChI=1S/C17H16N4O4/c1-10-3-6-15(25-10)12-8-13(20-19-12)17(23)21-18-9-11-4-5-14(22)16(7-11)24-2/h3-9,22H,1-2H3,(H,19,20)(H,21,23). The normalized spacial score (nSPS) is 11.0. The number of hydrogen-bond acceptors (Lipinski definition) is 6. The minimum absolute atomic E-state index is 0.0286. The summed E-state index contributed by atoms with van der Waals surface area (Å²) in [6, 6.07) is 9.91. The molecule has 0 radical (unpaired) electrons. The molecule has 0 aliphatic rings. The van der Waals surface area contributed by atoms with Crippen LogP contribution in [-0.2, 0) is 0 Å². The van der Waals surface area contributed by atoms with Crippen molar-refractivity contribution >= 4 is 12.1 Å². The van der Waals surface area contributed by atoms with Gasteiger partial charge in [-0.3, -0.25) is 9.89 Å². The Morgan fingerprint density at radius 1 is 1.36 bits per heavy atom. The van der Waals surface area contributed by atoms with Crippen molar-refractivity contribution in [2.45, 2.75) is 6.92 Å². The van der Waals surface area contributed by atoms with Crippen LogP contribution < -0.4 is 10.2 Å². The first-order chi connectivity index (χ1) is 12.1. The van der Waals surface area contributed by atoms with E-state index >= 15 is 0 Å². The molecular formula is C17H16N4O4. The lowest BCUT2D eigenvalue weighted by Crippen LogP contribution is -2.18. The van der Waals surface area contributed by atoms with Gasteiger partial charge < -0.3 is 14.3 Å². The van der Waals surface area contributed by atoms with Gasteiger partial charge in [0.1, 0.15) is 11.5 Å². The Balaban J connectivity index is 1.66. The van der Waals surface area contributed by atoms with Crippen LogP contribution in [0.25, 0.3) is 11.5 Å². The van der Waals surface area contributed by atoms with Crippen LogP contribution in [0.3, 0.4) is 0 Å². The molecule has 2 aromatic heterocycles. The highest BCUT2D eigenvalue weighted by molar-refractivity contribution is 5.94. The van der Waals surface area contributed by atoms with Crippen molar-refractivity contribution in [3.63, 3.8) is 0 Å². The summed E-state index contributed by atoms with van der Waals surface area (Å²) in [6.45, 7) is 1.83. The maximum Gasteiger partial charge on any atom is 0.291 e. The molecule has 0 fully saturated rings. The summed E-state index contributed by atoms with van der Waals surface area (Å²) in [5, 5.41) is 20.1. The molecular weight excluding hydrogens is 324 g/mol. The van der Waals surface area contributed by atoms with Crippen LogP contribution in [0.5, 0.6) is 11.5 Å². The average Bonchev–Trinajstić information content (AvgIpc) is 3.25. The summed E-state index contributed by atoms with van der Waals surface area (Å²) in [6.07, 6.45) is 1.43. The molecule has 0 atom stereocenters. The lowest BCUT2D eigenvalue weighted by Gasteiger charge is -2.03. The van der Waals surface area contributed by atoms with Crippen LogP contribution in [0.4, 0.5) is 0 Å². The number of nitrogens with zero attached hydrogens (tertiary/aromatic N) is 2. The number of aromatic amines is 1. The molecule has 3 rings (SSSR count). The van der Waals surface area contributed by atoms with Crippen LogP contribution in [0.2, 0.25) is 0 Å². The van der Waals surface area contributed by atoms with Gasteiger partial charge in [-0.05, 0) is 42.8 Å². The van der Waals surface area contributed by atoms with Gasteiger partial charge in [0, 0.05) is 6.07 Å². The molecule has 3 aromatic rings. The van der Waals surface area contributed by atoms with Crippen LogP contribution in [0, 0.1) is 6.92 Å². The number of H-pyrrole nitrogens is 1. The number of ether oxygens (including phenoxy) is 1. The van der Waals surface area contributed by atoms with Gasteiger partial charge in [-0.15, -0.1) is 0 Å². The van der Waals surface area contributed by atoms with Gasteiger partial charge in [-0.25, -0.2) is 5.43 Å². The monoisotopic (exact) mass is 340 g/mol. The van der Waals surface area contributed by atoms with Gasteiger partial charge in [0.05, 0.1) is 13.3 Å². The van der Waals surface area contributed by atoms with Crippen molar-refractivity contribution in [2.24, 2.45) is 5.10 Å². The number of hydrazone groups is 1. The number of furan rings is 1. The number of benzene rings is 1. The Morgan fingerprint density at radius 3 is 2.92 bits per heavy atom. The number of methoxy groups -OCH3 is 1. The van der Waals surface area contributed by atoms with Gasteiger partial charge in [-0.2, -0.15) is 10.2 Å². The first-order valence-corrected chi connectivity index (χ1v) is 7.39. The summed E-state index contributed by atoms with van der Waals surface area (Å²) >= 11 is 0. The molecule has 0 aliphatic carbocycles. The third-order valence-electron chi connectivity index (χ3n) is 3.40. The minimum Gasteiger partial charge on any atom is -0.504 e. The molecule has 0 unspecified atom stereocenters. The molecule has 0 aliphatic heterocycles. The van der Waals surface area contributed by atoms with Gasteiger partial charge in [0.2, 0.25) is 0 Å². The predicted octanol–water partition coefficient (Wildman–Crippen LogP) is 2.46. The molecule has 0 saturated carbocycles. The van der Waals surface area contributed by atoms with Crippen molar-refractivity contribution in [3.8, 4) is 23.0 Å². The molecule has 8 heteroatoms. The van der Waals surface area contributed by atoms with Gasteiger partial charge in [-0.1, -0.05) is 0 Å². The summed E-state index contributed by atoms with van der Waals surface area (Å²) in [5.41, 5.74) is 3.83. The highest BCUT2D eigenvalue weighted by Crippen LogP contribution is 2.25. The van der Waals surface area contributed by atoms with E-state index in [0.29, 0.717) is 22.8 Å². The third-order valence-corrected chi connectivity index (χ3v) is 3.40. The number of hydrogen-bond donors (Lipinski definition) is 3. The number of amides is 1. The number of aromatic hydroxyl groups is 1. The van der Waals surface area contributed by atoms with Crippen molar-refractivity contribution < 1.29 is 19.1 Å². The number of rotatable bonds is 5. The second-order valence-corrected chi connectivity index (χ2v) is 5.21. The Kier molecular flexibility index (Phi) is 4.51. The molecule has 1 amide bonds. The number of phenols is 1. The predicted molar refractivity (Wildman–Crippen MR) is 90.7 cm³/mol. The number of aryl methyl sites for hydroxylation is 1. The zero-order valence-corrected chi connectivity index (χ0v) is 13.6. The smallest absolute Gasteiger partial charge is 0.291 e. The maximum absolute atomic E-state index is 12.1. The van der Waals surface area contributed by atoms with Gasteiger partial charge >= 0.3 is 0 Å². The van der Waals surface area contributed by atoms with E-state index in [0.717, 1.165) is 5.76 Å². The second kappa shape index (κ2) is 6.91. The highest BCUT2D eigenvalue weighted by atomic mass is 16.5. The van der Waals surface area contributed by atoms with Crippen molar-refractivity contribution in [1.29, 1.82) is 0 Å². The molecule has 2 heterocycles. The Hall–Kier alpha value is -3.55. The lowest BCUT2D eigenvalue weighted by molar-refractivity contribution is 0.0950. The van der Waals surface area contributed by atoms with E-state index in [1.54, 1.807) is 24.3 Å². The number of phenolic OH excluding ortho intramolecular Hbond substituents is 1. The van der Waals surface area contributed by atoms with E-state index < -0.39 is 5.91 Å². The molecule has 0 saturated heterocycles. The number of carbonyl (C=O) groups excluding carboxylic acids is 1. The van der Waals surface area contributed by atoms with Crippen molar-refractivity contribution in [3.05, 3.63) is 53.4 Å². The van der Waals surface area contributed by atoms with E-state index in [-0.39, 0.29) is 11.4 Å². The molecule has 3 N–H and O–H groups in total. The quantitative estimate of drug-likeness (QED) is 0.488. The van der Waals surface area contributed by atoms with E-state index in [2.05, 4.69) is 20.7 Å². The van der Waals surface area contributed by atoms with E-state index in [1.165, 1.54) is 19.4 Å². The molecule has 8 nitrogen and oxygen atoms in total. The summed E-state index contributed by atoms with van der Waals surface area (Å²) in [5.74, 6) is 1.25. The van der Waals surface area contributed by atoms with Crippen molar-refractivity contribution in [2.75, 3.05) is 7.11 Å². The Morgan fingerprint density at radius 2 is 2.20 bits per heavy atom. The molecule has 0 spiro atoms.